The number of carbonyl (C=O) groups is 12. The van der Waals surface area contributed by atoms with Crippen LogP contribution in [0.25, 0.3) is 0 Å². The maximum absolute atomic E-state index is 11.8. The number of aromatic carboxylic acids is 8. The Morgan fingerprint density at radius 3 is 0.492 bits per heavy atom. The second kappa shape index (κ2) is 50.0. The molecule has 130 heavy (non-hydrogen) atoms. The van der Waals surface area contributed by atoms with Crippen molar-refractivity contribution in [3.63, 3.8) is 0 Å². The van der Waals surface area contributed by atoms with Crippen LogP contribution in [0.4, 0.5) is 45.5 Å². The third kappa shape index (κ3) is 32.0. The van der Waals surface area contributed by atoms with Gasteiger partial charge in [0.25, 0.3) is 0 Å². The Hall–Kier alpha value is -14.6. The van der Waals surface area contributed by atoms with E-state index in [1.54, 1.807) is 117 Å². The van der Waals surface area contributed by atoms with Gasteiger partial charge in [0.1, 0.15) is 0 Å². The summed E-state index contributed by atoms with van der Waals surface area (Å²) in [5, 5.41) is 113. The van der Waals surface area contributed by atoms with Crippen molar-refractivity contribution < 1.29 is 119 Å². The molecule has 40 heteroatoms. The number of pyridine rings is 4. The van der Waals surface area contributed by atoms with Gasteiger partial charge in [-0.1, -0.05) is 0 Å². The molecule has 11 rings (SSSR count). The topological polar surface area (TPSA) is 538 Å². The molecule has 0 spiro atoms. The molecule has 12 N–H and O–H groups in total. The number of nitrogens with zero attached hydrogens (tertiary/aromatic N) is 16. The Morgan fingerprint density at radius 1 is 0.185 bits per heavy atom. The summed E-state index contributed by atoms with van der Waals surface area (Å²) >= 11 is 0. The summed E-state index contributed by atoms with van der Waals surface area (Å²) in [5.41, 5.74) is 6.93. The number of anilines is 8. The van der Waals surface area contributed by atoms with Crippen molar-refractivity contribution in [2.24, 2.45) is 0 Å². The molecule has 3 saturated heterocycles. The second-order valence-electron chi connectivity index (χ2n) is 31.1. The first-order valence-corrected chi connectivity index (χ1v) is 42.2. The van der Waals surface area contributed by atoms with Gasteiger partial charge in [-0.2, -0.15) is 0 Å². The van der Waals surface area contributed by atoms with E-state index in [0.29, 0.717) is 206 Å². The molecule has 0 bridgehead atoms. The van der Waals surface area contributed by atoms with Crippen LogP contribution in [-0.4, -0.2) is 356 Å². The molecule has 7 heterocycles. The van der Waals surface area contributed by atoms with Crippen molar-refractivity contribution >= 4 is 117 Å². The van der Waals surface area contributed by atoms with E-state index in [-0.39, 0.29) is 70.7 Å². The first-order chi connectivity index (χ1) is 62.3. The molecule has 3 fully saturated rings. The van der Waals surface area contributed by atoms with Crippen molar-refractivity contribution in [3.05, 3.63) is 215 Å². The Morgan fingerprint density at radius 2 is 0.338 bits per heavy atom. The molecule has 3 aliphatic rings. The molecule has 0 atom stereocenters. The Kier molecular flexibility index (Phi) is 38.2. The molecule has 4 aromatic heterocycles. The van der Waals surface area contributed by atoms with E-state index in [4.69, 9.17) is 20.4 Å². The number of benzene rings is 4. The fourth-order valence-corrected chi connectivity index (χ4v) is 15.3. The molecule has 4 aromatic carbocycles. The first-order valence-electron chi connectivity index (χ1n) is 42.2. The van der Waals surface area contributed by atoms with Gasteiger partial charge in [0.05, 0.1) is 118 Å². The minimum absolute atomic E-state index is 0.0388. The number of hydrogen-bond acceptors (Lipinski definition) is 28. The fraction of sp³-hybridized carbons (Fsp3) is 0.378. The quantitative estimate of drug-likeness (QED) is 0.0287. The standard InChI is InChI=1S/C38H40N4O8.C34H36N8O8.C18H32N4O8/c43-35(44)27-3-11-31(12-4-27)39-19-1-20-40(32-13-5-28(6-14-32)36(45)46)24-26-42(34-17-9-30(10-18-34)38(49)50)22-2-21-41(25-23-39)33-15-7-29(8-16-33)37(47)48;43-31(44)23-11-27(19-35-15-23)39-3-1-4-40(28-12-24(32(45)46)16-36-20-28)8-10-42(30-14-26(34(49)50)18-38-22-30)6-2-5-41(9-7-39)29-13-25(33(47)48)17-37-21-29;23-15(24)11-19-3-1-4-20(12-16(25)26)8-10-22(14-18(29)30)6-2-5-21(9-7-19)13-17(27)28/h3-18H,1-2,19-26H2,(H,43,44)(H,45,46)(H,47,48)(H,49,50);11-22H,1-10H2,(H,43,44)(H,45,46)(H,47,48)(H,49,50);1-14H2,(H,23,24)(H,25,26)(H,27,28)(H,29,30). The van der Waals surface area contributed by atoms with Crippen molar-refractivity contribution in [1.82, 2.24) is 39.5 Å². The Labute approximate surface area is 748 Å². The molecule has 0 radical (unpaired) electrons. The largest absolute Gasteiger partial charge is 0.480 e. The second-order valence-corrected chi connectivity index (χ2v) is 31.1. The number of carboxylic acid groups (broad SMARTS) is 12. The highest BCUT2D eigenvalue weighted by Gasteiger charge is 2.26. The zero-order chi connectivity index (χ0) is 93.8. The van der Waals surface area contributed by atoms with Gasteiger partial charge in [-0.3, -0.25) is 58.7 Å². The number of carboxylic acids is 12. The van der Waals surface area contributed by atoms with Crippen molar-refractivity contribution in [3.8, 4) is 0 Å². The Bertz CT molecular complexity index is 4530. The molecule has 0 unspecified atom stereocenters. The van der Waals surface area contributed by atoms with E-state index >= 15 is 0 Å². The lowest BCUT2D eigenvalue weighted by Gasteiger charge is -2.35. The third-order valence-electron chi connectivity index (χ3n) is 22.0. The van der Waals surface area contributed by atoms with E-state index in [9.17, 15) is 98.4 Å². The highest BCUT2D eigenvalue weighted by atomic mass is 16.4. The number of aliphatic carboxylic acids is 4. The normalized spacial score (nSPS) is 16.0. The van der Waals surface area contributed by atoms with Gasteiger partial charge in [-0.15, -0.1) is 0 Å². The van der Waals surface area contributed by atoms with Crippen LogP contribution in [-0.2, 0) is 19.2 Å². The number of hydrogen-bond donors (Lipinski definition) is 12. The first kappa shape index (κ1) is 99.1. The van der Waals surface area contributed by atoms with Gasteiger partial charge in [-0.05, 0) is 160 Å². The average Bonchev–Trinajstić information content (AvgIpc) is 0.834. The summed E-state index contributed by atoms with van der Waals surface area (Å²) in [7, 11) is 0. The Balaban J connectivity index is 0.000000228. The summed E-state index contributed by atoms with van der Waals surface area (Å²) in [4.78, 5) is 178. The zero-order valence-electron chi connectivity index (χ0n) is 71.6. The van der Waals surface area contributed by atoms with Crippen LogP contribution in [0, 0.1) is 0 Å². The zero-order valence-corrected chi connectivity index (χ0v) is 71.6. The van der Waals surface area contributed by atoms with E-state index in [2.05, 4.69) is 39.5 Å². The minimum Gasteiger partial charge on any atom is -0.480 e. The molecule has 8 aromatic rings. The lowest BCUT2D eigenvalue weighted by atomic mass is 10.1. The van der Waals surface area contributed by atoms with Gasteiger partial charge < -0.3 is 100 Å². The van der Waals surface area contributed by atoms with Crippen molar-refractivity contribution in [1.29, 1.82) is 0 Å². The van der Waals surface area contributed by atoms with Crippen LogP contribution in [0.3, 0.4) is 0 Å². The van der Waals surface area contributed by atoms with Crippen LogP contribution in [0.5, 0.6) is 0 Å². The van der Waals surface area contributed by atoms with Crippen molar-refractivity contribution in [2.45, 2.75) is 38.5 Å². The summed E-state index contributed by atoms with van der Waals surface area (Å²) in [5.74, 6) is -12.3. The SMILES string of the molecule is O=C(O)CN1CCCN(CC(=O)O)CCN(CC(=O)O)CCCN(CC(=O)O)CC1.O=C(O)c1ccc(N2CCCN(c3ccc(C(=O)O)cc3)CCN(c3ccc(C(=O)O)cc3)CCCN(c3ccc(C(=O)O)cc3)CC2)cc1.O=C(O)c1cncc(N2CCCN(c3cncc(C(=O)O)c3)CCN(c3cncc(C(=O)O)c3)CCCN(c3cncc(C(=O)O)c3)CC2)c1. The monoisotopic (exact) mass is 1800 g/mol. The number of rotatable bonds is 24. The van der Waals surface area contributed by atoms with Crippen LogP contribution >= 0.6 is 0 Å². The van der Waals surface area contributed by atoms with Gasteiger partial charge in [0, 0.05) is 205 Å². The van der Waals surface area contributed by atoms with Gasteiger partial charge in [-0.25, -0.2) is 38.4 Å². The highest BCUT2D eigenvalue weighted by molar-refractivity contribution is 5.92. The summed E-state index contributed by atoms with van der Waals surface area (Å²) in [6.45, 7) is 11.2. The molecule has 692 valence electrons. The van der Waals surface area contributed by atoms with Crippen LogP contribution in [0.15, 0.2) is 171 Å². The smallest absolute Gasteiger partial charge is 0.337 e. The van der Waals surface area contributed by atoms with Crippen LogP contribution in [0.2, 0.25) is 0 Å². The number of aromatic nitrogens is 4. The van der Waals surface area contributed by atoms with E-state index < -0.39 is 71.6 Å². The maximum Gasteiger partial charge on any atom is 0.337 e. The van der Waals surface area contributed by atoms with E-state index in [0.717, 1.165) is 35.6 Å². The lowest BCUT2D eigenvalue weighted by molar-refractivity contribution is -0.140. The predicted octanol–water partition coefficient (Wildman–Crippen LogP) is 7.11. The maximum atomic E-state index is 11.8. The average molecular weight is 1800 g/mol. The summed E-state index contributed by atoms with van der Waals surface area (Å²) in [6, 6.07) is 33.5. The molecule has 0 aliphatic carbocycles. The van der Waals surface area contributed by atoms with Crippen molar-refractivity contribution in [2.75, 3.05) is 222 Å². The van der Waals surface area contributed by atoms with Gasteiger partial charge >= 0.3 is 71.6 Å². The summed E-state index contributed by atoms with van der Waals surface area (Å²) in [6.07, 6.45) is 15.2. The molecule has 0 saturated carbocycles. The fourth-order valence-electron chi connectivity index (χ4n) is 15.3. The molecular formula is C90H108N16O24. The lowest BCUT2D eigenvalue weighted by Crippen LogP contribution is -2.44. The molecule has 40 nitrogen and oxygen atoms in total. The predicted molar refractivity (Wildman–Crippen MR) is 480 cm³/mol. The molecule has 0 amide bonds. The van der Waals surface area contributed by atoms with E-state index in [1.807, 2.05) is 68.1 Å². The van der Waals surface area contributed by atoms with Crippen LogP contribution < -0.4 is 39.2 Å². The van der Waals surface area contributed by atoms with Crippen LogP contribution in [0.1, 0.15) is 121 Å². The van der Waals surface area contributed by atoms with Gasteiger partial charge in [0.2, 0.25) is 0 Å². The minimum atomic E-state index is -1.11. The third-order valence-corrected chi connectivity index (χ3v) is 22.0. The van der Waals surface area contributed by atoms with Gasteiger partial charge in [0.15, 0.2) is 0 Å². The molecule has 3 aliphatic heterocycles. The molecular weight excluding hydrogens is 1690 g/mol. The highest BCUT2D eigenvalue weighted by Crippen LogP contribution is 2.28. The summed E-state index contributed by atoms with van der Waals surface area (Å²) < 4.78 is 0. The van der Waals surface area contributed by atoms with E-state index in [1.165, 1.54) is 24.8 Å².